The molecule has 2 rings (SSSR count). The zero-order valence-electron chi connectivity index (χ0n) is 9.94. The van der Waals surface area contributed by atoms with Gasteiger partial charge in [0.05, 0.1) is 7.11 Å². The van der Waals surface area contributed by atoms with Crippen LogP contribution in [0.3, 0.4) is 0 Å². The summed E-state index contributed by atoms with van der Waals surface area (Å²) in [7, 11) is 1.31. The molecule has 0 aromatic heterocycles. The number of thiocyanates is 1. The Morgan fingerprint density at radius 2 is 2.11 bits per heavy atom. The van der Waals surface area contributed by atoms with Crippen molar-refractivity contribution in [1.29, 1.82) is 5.26 Å². The minimum Gasteiger partial charge on any atom is -0.497 e. The zero-order chi connectivity index (χ0) is 14.0. The molecular formula is C12H10F2N2O2S. The fourth-order valence-corrected chi connectivity index (χ4v) is 2.78. The van der Waals surface area contributed by atoms with E-state index < -0.39 is 22.8 Å². The highest BCUT2D eigenvalue weighted by atomic mass is 32.2. The third-order valence-electron chi connectivity index (χ3n) is 2.96. The minimum atomic E-state index is -0.803. The van der Waals surface area contributed by atoms with Crippen LogP contribution in [0.2, 0.25) is 0 Å². The maximum absolute atomic E-state index is 13.9. The third-order valence-corrected chi connectivity index (χ3v) is 3.86. The van der Waals surface area contributed by atoms with Gasteiger partial charge in [0.2, 0.25) is 5.91 Å². The molecule has 4 nitrogen and oxygen atoms in total. The highest BCUT2D eigenvalue weighted by Gasteiger charge is 2.39. The maximum Gasteiger partial charge on any atom is 0.234 e. The normalized spacial score (nSPS) is 21.9. The van der Waals surface area contributed by atoms with Crippen LogP contribution in [0.1, 0.15) is 11.5 Å². The summed E-state index contributed by atoms with van der Waals surface area (Å²) in [6.07, 6.45) is 0. The summed E-state index contributed by atoms with van der Waals surface area (Å²) < 4.78 is 32.6. The summed E-state index contributed by atoms with van der Waals surface area (Å²) in [6.45, 7) is 0.109. The summed E-state index contributed by atoms with van der Waals surface area (Å²) in [5, 5.41) is 12.2. The molecular weight excluding hydrogens is 274 g/mol. The fourth-order valence-electron chi connectivity index (χ4n) is 2.08. The lowest BCUT2D eigenvalue weighted by molar-refractivity contribution is -0.118. The van der Waals surface area contributed by atoms with E-state index >= 15 is 0 Å². The van der Waals surface area contributed by atoms with Gasteiger partial charge in [0.15, 0.2) is 0 Å². The second kappa shape index (κ2) is 5.45. The van der Waals surface area contributed by atoms with Crippen LogP contribution in [-0.2, 0) is 4.79 Å². The Morgan fingerprint density at radius 3 is 2.63 bits per heavy atom. The number of hydrogen-bond donors (Lipinski definition) is 1. The van der Waals surface area contributed by atoms with E-state index in [1.54, 1.807) is 5.40 Å². The smallest absolute Gasteiger partial charge is 0.234 e. The summed E-state index contributed by atoms with van der Waals surface area (Å²) >= 11 is 0.706. The lowest BCUT2D eigenvalue weighted by Crippen LogP contribution is -2.21. The van der Waals surface area contributed by atoms with Crippen molar-refractivity contribution in [3.63, 3.8) is 0 Å². The Morgan fingerprint density at radius 1 is 1.47 bits per heavy atom. The monoisotopic (exact) mass is 284 g/mol. The van der Waals surface area contributed by atoms with Gasteiger partial charge in [-0.1, -0.05) is 0 Å². The molecule has 1 saturated heterocycles. The number of rotatable bonds is 3. The number of ether oxygens (including phenoxy) is 1. The Labute approximate surface area is 112 Å². The van der Waals surface area contributed by atoms with Gasteiger partial charge in [0, 0.05) is 30.2 Å². The Bertz CT molecular complexity index is 536. The van der Waals surface area contributed by atoms with Crippen molar-refractivity contribution >= 4 is 17.7 Å². The van der Waals surface area contributed by atoms with E-state index in [-0.39, 0.29) is 23.8 Å². The molecule has 0 spiro atoms. The highest BCUT2D eigenvalue weighted by Crippen LogP contribution is 2.36. The van der Waals surface area contributed by atoms with Crippen LogP contribution >= 0.6 is 11.8 Å². The summed E-state index contributed by atoms with van der Waals surface area (Å²) in [5.74, 6) is -2.57. The van der Waals surface area contributed by atoms with Crippen LogP contribution < -0.4 is 10.1 Å². The molecule has 1 aromatic rings. The van der Waals surface area contributed by atoms with Crippen molar-refractivity contribution in [3.8, 4) is 11.2 Å². The molecule has 0 radical (unpaired) electrons. The van der Waals surface area contributed by atoms with Crippen LogP contribution in [0.4, 0.5) is 8.78 Å². The number of amides is 1. The third kappa shape index (κ3) is 2.49. The first-order valence-corrected chi connectivity index (χ1v) is 6.31. The molecule has 100 valence electrons. The average Bonchev–Trinajstić information content (AvgIpc) is 2.71. The lowest BCUT2D eigenvalue weighted by atomic mass is 9.96. The van der Waals surface area contributed by atoms with Gasteiger partial charge in [-0.15, -0.1) is 0 Å². The molecule has 19 heavy (non-hydrogen) atoms. The number of methoxy groups -OCH3 is 1. The van der Waals surface area contributed by atoms with E-state index in [1.165, 1.54) is 7.11 Å². The van der Waals surface area contributed by atoms with Gasteiger partial charge in [0.25, 0.3) is 0 Å². The van der Waals surface area contributed by atoms with Crippen LogP contribution in [0.5, 0.6) is 5.75 Å². The first-order valence-electron chi connectivity index (χ1n) is 5.44. The molecule has 1 fully saturated rings. The number of hydrogen-bond acceptors (Lipinski definition) is 4. The number of nitrogens with one attached hydrogen (secondary N) is 1. The summed E-state index contributed by atoms with van der Waals surface area (Å²) in [5.41, 5.74) is -0.188. The Hall–Kier alpha value is -1.81. The van der Waals surface area contributed by atoms with Crippen LogP contribution in [0.25, 0.3) is 0 Å². The fraction of sp³-hybridized carbons (Fsp3) is 0.333. The Kier molecular flexibility index (Phi) is 3.90. The van der Waals surface area contributed by atoms with Crippen molar-refractivity contribution in [2.75, 3.05) is 13.7 Å². The number of nitriles is 1. The second-order valence-electron chi connectivity index (χ2n) is 3.99. The molecule has 1 aliphatic heterocycles. The van der Waals surface area contributed by atoms with Gasteiger partial charge in [0.1, 0.15) is 28.0 Å². The van der Waals surface area contributed by atoms with Gasteiger partial charge in [-0.25, -0.2) is 8.78 Å². The largest absolute Gasteiger partial charge is 0.497 e. The van der Waals surface area contributed by atoms with Gasteiger partial charge in [-0.2, -0.15) is 5.26 Å². The summed E-state index contributed by atoms with van der Waals surface area (Å²) in [6, 6.07) is 2.13. The van der Waals surface area contributed by atoms with E-state index in [2.05, 4.69) is 5.32 Å². The van der Waals surface area contributed by atoms with E-state index in [1.807, 2.05) is 0 Å². The molecule has 7 heteroatoms. The van der Waals surface area contributed by atoms with Crippen molar-refractivity contribution in [2.45, 2.75) is 11.2 Å². The predicted molar refractivity (Wildman–Crippen MR) is 65.7 cm³/mol. The second-order valence-corrected chi connectivity index (χ2v) is 4.91. The van der Waals surface area contributed by atoms with Crippen LogP contribution in [0.15, 0.2) is 12.1 Å². The predicted octanol–water partition coefficient (Wildman–Crippen LogP) is 1.77. The van der Waals surface area contributed by atoms with Crippen molar-refractivity contribution in [1.82, 2.24) is 5.32 Å². The molecule has 1 amide bonds. The van der Waals surface area contributed by atoms with E-state index in [0.717, 1.165) is 12.1 Å². The van der Waals surface area contributed by atoms with Gasteiger partial charge in [-0.05, 0) is 11.8 Å². The molecule has 1 aromatic carbocycles. The lowest BCUT2D eigenvalue weighted by Gasteiger charge is -2.16. The van der Waals surface area contributed by atoms with Crippen molar-refractivity contribution < 1.29 is 18.3 Å². The molecule has 0 aliphatic carbocycles. The maximum atomic E-state index is 13.9. The first-order chi connectivity index (χ1) is 9.08. The van der Waals surface area contributed by atoms with E-state index in [0.29, 0.717) is 11.8 Å². The number of halogens is 2. The molecule has 0 saturated carbocycles. The molecule has 0 unspecified atom stereocenters. The topological polar surface area (TPSA) is 62.1 Å². The SMILES string of the molecule is COc1cc(F)c([C@@H]2CNC(=O)[C@H]2SC#N)c(F)c1. The van der Waals surface area contributed by atoms with Crippen LogP contribution in [0, 0.1) is 22.3 Å². The van der Waals surface area contributed by atoms with E-state index in [4.69, 9.17) is 10.00 Å². The van der Waals surface area contributed by atoms with Gasteiger partial charge in [-0.3, -0.25) is 4.79 Å². The highest BCUT2D eigenvalue weighted by molar-refractivity contribution is 8.05. The van der Waals surface area contributed by atoms with Gasteiger partial charge >= 0.3 is 0 Å². The van der Waals surface area contributed by atoms with Crippen molar-refractivity contribution in [2.24, 2.45) is 0 Å². The number of carbonyl (C=O) groups is 1. The van der Waals surface area contributed by atoms with Gasteiger partial charge < -0.3 is 10.1 Å². The molecule has 2 atom stereocenters. The zero-order valence-corrected chi connectivity index (χ0v) is 10.8. The number of carbonyl (C=O) groups excluding carboxylic acids is 1. The Balaban J connectivity index is 2.42. The molecule has 1 N–H and O–H groups in total. The average molecular weight is 284 g/mol. The molecule has 0 bridgehead atoms. The first kappa shape index (κ1) is 13.6. The molecule has 1 heterocycles. The number of nitrogens with zero attached hydrogens (tertiary/aromatic N) is 1. The van der Waals surface area contributed by atoms with Crippen LogP contribution in [-0.4, -0.2) is 24.8 Å². The standard InChI is InChI=1S/C12H10F2N2O2S/c1-18-6-2-8(13)10(9(14)3-6)7-4-16-12(17)11(7)19-5-15/h2-3,7,11H,4H2,1H3,(H,16,17)/t7-,11-/m0/s1. The molecule has 1 aliphatic rings. The van der Waals surface area contributed by atoms with E-state index in [9.17, 15) is 13.6 Å². The number of benzene rings is 1. The van der Waals surface area contributed by atoms with Crippen molar-refractivity contribution in [3.05, 3.63) is 29.3 Å². The number of thioether (sulfide) groups is 1. The summed E-state index contributed by atoms with van der Waals surface area (Å²) in [4.78, 5) is 11.5. The quantitative estimate of drug-likeness (QED) is 0.859. The minimum absolute atomic E-state index is 0.0699.